The van der Waals surface area contributed by atoms with E-state index in [0.717, 1.165) is 5.04 Å². The van der Waals surface area contributed by atoms with E-state index in [-0.39, 0.29) is 0 Å². The summed E-state index contributed by atoms with van der Waals surface area (Å²) in [6, 6.07) is 0. The Morgan fingerprint density at radius 3 is 1.73 bits per heavy atom. The highest BCUT2D eigenvalue weighted by Gasteiger charge is 1.78. The van der Waals surface area contributed by atoms with Crippen LogP contribution in [0.1, 0.15) is 34.6 Å². The molecule has 1 nitrogen and oxygen atoms in total. The van der Waals surface area contributed by atoms with Gasteiger partial charge in [-0.1, -0.05) is 46.0 Å². The maximum absolute atomic E-state index is 3.89. The Labute approximate surface area is 76.0 Å². The third kappa shape index (κ3) is 25.9. The summed E-state index contributed by atoms with van der Waals surface area (Å²) in [6.45, 7) is 13.5. The standard InChI is InChI=1S/C5H9NS.2C2H6/c1-4-7-5(2)6-3;2*1-2/h4H,1H2,2-3H3;2*1-2H3. The van der Waals surface area contributed by atoms with Crippen LogP contribution in [-0.4, -0.2) is 12.1 Å². The van der Waals surface area contributed by atoms with Crippen molar-refractivity contribution < 1.29 is 0 Å². The molecule has 0 fully saturated rings. The SMILES string of the molecule is C=CSC(C)=NC.CC.CC. The molecule has 0 saturated heterocycles. The Morgan fingerprint density at radius 2 is 1.64 bits per heavy atom. The fourth-order valence-corrected chi connectivity index (χ4v) is 0.520. The van der Waals surface area contributed by atoms with Crippen molar-refractivity contribution >= 4 is 16.8 Å². The number of aliphatic imine (C=N–C) groups is 1. The predicted molar refractivity (Wildman–Crippen MR) is 59.5 cm³/mol. The van der Waals surface area contributed by atoms with Gasteiger partial charge in [0.2, 0.25) is 0 Å². The molecular formula is C9H21NS. The van der Waals surface area contributed by atoms with Gasteiger partial charge in [-0.2, -0.15) is 0 Å². The molecule has 0 radical (unpaired) electrons. The molecule has 0 aromatic carbocycles. The fraction of sp³-hybridized carbons (Fsp3) is 0.667. The van der Waals surface area contributed by atoms with Gasteiger partial charge in [0.05, 0.1) is 5.04 Å². The highest BCUT2D eigenvalue weighted by atomic mass is 32.2. The minimum absolute atomic E-state index is 1.05. The van der Waals surface area contributed by atoms with E-state index in [1.807, 2.05) is 34.6 Å². The molecule has 0 atom stereocenters. The monoisotopic (exact) mass is 175 g/mol. The maximum Gasteiger partial charge on any atom is 0.0683 e. The molecule has 0 aromatic rings. The summed E-state index contributed by atoms with van der Waals surface area (Å²) in [7, 11) is 1.77. The van der Waals surface area contributed by atoms with Crippen molar-refractivity contribution in [2.45, 2.75) is 34.6 Å². The molecule has 0 amide bonds. The van der Waals surface area contributed by atoms with Crippen LogP contribution in [0.5, 0.6) is 0 Å². The van der Waals surface area contributed by atoms with Crippen molar-refractivity contribution in [3.05, 3.63) is 12.0 Å². The lowest BCUT2D eigenvalue weighted by molar-refractivity contribution is 1.45. The zero-order valence-corrected chi connectivity index (χ0v) is 9.46. The maximum atomic E-state index is 3.89. The van der Waals surface area contributed by atoms with Crippen molar-refractivity contribution in [3.63, 3.8) is 0 Å². The molecule has 0 spiro atoms. The zero-order valence-electron chi connectivity index (χ0n) is 8.64. The Kier molecular flexibility index (Phi) is 34.9. The summed E-state index contributed by atoms with van der Waals surface area (Å²) in [5, 5.41) is 2.82. The van der Waals surface area contributed by atoms with Crippen LogP contribution in [0.15, 0.2) is 17.0 Å². The Balaban J connectivity index is -0.000000138. The van der Waals surface area contributed by atoms with Crippen molar-refractivity contribution in [2.24, 2.45) is 4.99 Å². The van der Waals surface area contributed by atoms with Gasteiger partial charge in [-0.15, -0.1) is 0 Å². The van der Waals surface area contributed by atoms with Crippen LogP contribution in [-0.2, 0) is 0 Å². The second kappa shape index (κ2) is 22.6. The summed E-state index contributed by atoms with van der Waals surface area (Å²) in [4.78, 5) is 3.89. The summed E-state index contributed by atoms with van der Waals surface area (Å²) in [5.41, 5.74) is 0. The normalized spacial score (nSPS) is 8.36. The molecule has 0 N–H and O–H groups in total. The molecule has 68 valence electrons. The first-order chi connectivity index (χ1) is 5.31. The average Bonchev–Trinajstić information content (AvgIpc) is 2.12. The van der Waals surface area contributed by atoms with Crippen LogP contribution < -0.4 is 0 Å². The van der Waals surface area contributed by atoms with Gasteiger partial charge in [-0.3, -0.25) is 4.99 Å². The van der Waals surface area contributed by atoms with Crippen LogP contribution in [0.2, 0.25) is 0 Å². The first kappa shape index (κ1) is 17.0. The Bertz CT molecular complexity index is 87.6. The molecule has 2 heteroatoms. The van der Waals surface area contributed by atoms with Gasteiger partial charge < -0.3 is 0 Å². The van der Waals surface area contributed by atoms with Gasteiger partial charge in [-0.05, 0) is 12.3 Å². The number of hydrogen-bond donors (Lipinski definition) is 0. The van der Waals surface area contributed by atoms with E-state index in [0.29, 0.717) is 0 Å². The average molecular weight is 175 g/mol. The summed E-state index contributed by atoms with van der Waals surface area (Å²) >= 11 is 1.55. The Hall–Kier alpha value is -0.240. The molecule has 0 heterocycles. The summed E-state index contributed by atoms with van der Waals surface area (Å²) < 4.78 is 0. The second-order valence-electron chi connectivity index (χ2n) is 1.03. The third-order valence-corrected chi connectivity index (χ3v) is 1.26. The predicted octanol–water partition coefficient (Wildman–Crippen LogP) is 3.96. The van der Waals surface area contributed by atoms with Crippen LogP contribution in [0.4, 0.5) is 0 Å². The lowest BCUT2D eigenvalue weighted by Gasteiger charge is -1.85. The van der Waals surface area contributed by atoms with Crippen molar-refractivity contribution in [2.75, 3.05) is 7.05 Å². The molecule has 11 heavy (non-hydrogen) atoms. The molecule has 0 saturated carbocycles. The van der Waals surface area contributed by atoms with E-state index in [2.05, 4.69) is 11.6 Å². The second-order valence-corrected chi connectivity index (χ2v) is 2.19. The number of thioether (sulfide) groups is 1. The van der Waals surface area contributed by atoms with Gasteiger partial charge in [0, 0.05) is 7.05 Å². The van der Waals surface area contributed by atoms with Gasteiger partial charge in [0.15, 0.2) is 0 Å². The van der Waals surface area contributed by atoms with E-state index in [1.54, 1.807) is 24.2 Å². The lowest BCUT2D eigenvalue weighted by Crippen LogP contribution is -1.75. The van der Waals surface area contributed by atoms with E-state index in [1.165, 1.54) is 0 Å². The molecule has 0 aliphatic carbocycles. The topological polar surface area (TPSA) is 12.4 Å². The smallest absolute Gasteiger partial charge is 0.0683 e. The first-order valence-corrected chi connectivity index (χ1v) is 4.90. The van der Waals surface area contributed by atoms with Crippen molar-refractivity contribution in [3.8, 4) is 0 Å². The summed E-state index contributed by atoms with van der Waals surface area (Å²) in [6.07, 6.45) is 0. The fourth-order valence-electron chi connectivity index (χ4n) is 0.173. The van der Waals surface area contributed by atoms with Crippen molar-refractivity contribution in [1.82, 2.24) is 0 Å². The van der Waals surface area contributed by atoms with Gasteiger partial charge >= 0.3 is 0 Å². The van der Waals surface area contributed by atoms with Crippen LogP contribution in [0, 0.1) is 0 Å². The van der Waals surface area contributed by atoms with E-state index in [4.69, 9.17) is 0 Å². The molecule has 0 bridgehead atoms. The van der Waals surface area contributed by atoms with E-state index < -0.39 is 0 Å². The third-order valence-electron chi connectivity index (χ3n) is 0.569. The van der Waals surface area contributed by atoms with Crippen molar-refractivity contribution in [1.29, 1.82) is 0 Å². The van der Waals surface area contributed by atoms with Crippen LogP contribution in [0.25, 0.3) is 0 Å². The Morgan fingerprint density at radius 1 is 1.27 bits per heavy atom. The molecule has 0 rings (SSSR count). The molecule has 0 aromatic heterocycles. The zero-order chi connectivity index (χ0) is 9.70. The lowest BCUT2D eigenvalue weighted by atomic mass is 10.9. The minimum atomic E-state index is 1.05. The van der Waals surface area contributed by atoms with E-state index in [9.17, 15) is 0 Å². The highest BCUT2D eigenvalue weighted by molar-refractivity contribution is 8.16. The quantitative estimate of drug-likeness (QED) is 0.434. The van der Waals surface area contributed by atoms with Crippen LogP contribution >= 0.6 is 11.8 Å². The first-order valence-electron chi connectivity index (χ1n) is 4.02. The largest absolute Gasteiger partial charge is 0.286 e. The van der Waals surface area contributed by atoms with Gasteiger partial charge in [-0.25, -0.2) is 0 Å². The molecule has 0 aliphatic rings. The number of hydrogen-bond acceptors (Lipinski definition) is 2. The number of nitrogens with zero attached hydrogens (tertiary/aromatic N) is 1. The molecule has 0 aliphatic heterocycles. The minimum Gasteiger partial charge on any atom is -0.286 e. The number of rotatable bonds is 1. The van der Waals surface area contributed by atoms with Gasteiger partial charge in [0.1, 0.15) is 0 Å². The molecular weight excluding hydrogens is 154 g/mol. The van der Waals surface area contributed by atoms with E-state index >= 15 is 0 Å². The van der Waals surface area contributed by atoms with Gasteiger partial charge in [0.25, 0.3) is 0 Å². The molecule has 0 unspecified atom stereocenters. The highest BCUT2D eigenvalue weighted by Crippen LogP contribution is 2.01. The van der Waals surface area contributed by atoms with Crippen LogP contribution in [0.3, 0.4) is 0 Å². The summed E-state index contributed by atoms with van der Waals surface area (Å²) in [5.74, 6) is 0.